The number of likely N-dealkylation sites (tertiary alicyclic amines) is 1. The molecule has 0 aromatic heterocycles. The van der Waals surface area contributed by atoms with Gasteiger partial charge in [-0.25, -0.2) is 13.2 Å². The van der Waals surface area contributed by atoms with Crippen molar-refractivity contribution in [3.63, 3.8) is 0 Å². The molecule has 3 aromatic carbocycles. The van der Waals surface area contributed by atoms with Gasteiger partial charge in [-0.3, -0.25) is 9.89 Å². The smallest absolute Gasteiger partial charge is 0.158 e. The normalized spacial score (nSPS) is 15.1. The van der Waals surface area contributed by atoms with Crippen LogP contribution in [0.25, 0.3) is 22.9 Å². The van der Waals surface area contributed by atoms with Crippen LogP contribution in [-0.4, -0.2) is 98.8 Å². The van der Waals surface area contributed by atoms with Crippen LogP contribution in [0.15, 0.2) is 79.9 Å². The van der Waals surface area contributed by atoms with Crippen molar-refractivity contribution in [1.29, 1.82) is 0 Å². The summed E-state index contributed by atoms with van der Waals surface area (Å²) in [4.78, 5) is 13.8. The van der Waals surface area contributed by atoms with Crippen LogP contribution < -0.4 is 5.32 Å². The molecule has 3 aliphatic heterocycles. The molecule has 426 valence electrons. The molecule has 6 rings (SSSR count). The average molecular weight is 1070 g/mol. The number of rotatable bonds is 18. The Kier molecular flexibility index (Phi) is 42.9. The second-order valence-electron chi connectivity index (χ2n) is 18.2. The van der Waals surface area contributed by atoms with E-state index in [2.05, 4.69) is 84.0 Å². The molecule has 1 N–H and O–H groups in total. The van der Waals surface area contributed by atoms with Crippen LogP contribution >= 0.6 is 11.6 Å². The number of nitrogens with one attached hydrogen (secondary N) is 1. The molecule has 3 aliphatic rings. The number of allylic oxidation sites excluding steroid dienone is 1. The standard InChI is InChI=1S/C29H43FN2.C23H26ClF2N3.C3H8.C2H7N.4C2H6/c1-5-8-10-11-12-13-17-31-18-15-24(16-19-31)28-21-25(30)20-27-23(4)32(22-29(27)28)26(7-3)14-9-6-2;1-5-16-8-7-9-19(25)20(16)21-18(24)14-17(23(22(21)26)27-6-2)15(3)29-12-10-28(4)11-13-29;2*1-3-2;4*1-2/h6-7,20-21,24,26H,2-5,8-19,22H2,1H3;5-9,14-15H,1,10-13H2,2-4H3;3H2,1-2H3;3H,1-2H3;4*1-2H3. The van der Waals surface area contributed by atoms with Gasteiger partial charge < -0.3 is 20.0 Å². The summed E-state index contributed by atoms with van der Waals surface area (Å²) in [6.07, 6.45) is 20.5. The summed E-state index contributed by atoms with van der Waals surface area (Å²) in [6, 6.07) is 9.90. The first-order valence-electron chi connectivity index (χ1n) is 29.0. The van der Waals surface area contributed by atoms with E-state index in [0.717, 1.165) is 82.8 Å². The van der Waals surface area contributed by atoms with Crippen LogP contribution in [0, 0.1) is 17.5 Å². The molecule has 2 saturated heterocycles. The highest BCUT2D eigenvalue weighted by Gasteiger charge is 2.33. The van der Waals surface area contributed by atoms with Gasteiger partial charge in [0.2, 0.25) is 0 Å². The Morgan fingerprint density at radius 1 is 0.813 bits per heavy atom. The Hall–Kier alpha value is -3.99. The molecule has 6 nitrogen and oxygen atoms in total. The number of piperazine rings is 1. The molecule has 3 heterocycles. The maximum atomic E-state index is 15.7. The summed E-state index contributed by atoms with van der Waals surface area (Å²) in [5, 5.41) is 2.92. The molecule has 2 unspecified atom stereocenters. The largest absolute Gasteiger partial charge is 0.361 e. The maximum Gasteiger partial charge on any atom is 0.158 e. The molecule has 0 aliphatic carbocycles. The number of aliphatic imine (C=N–C) groups is 1. The van der Waals surface area contributed by atoms with Crippen molar-refractivity contribution < 1.29 is 13.2 Å². The van der Waals surface area contributed by atoms with Gasteiger partial charge >= 0.3 is 0 Å². The molecule has 0 radical (unpaired) electrons. The van der Waals surface area contributed by atoms with Crippen LogP contribution in [0.2, 0.25) is 5.02 Å². The molecule has 0 spiro atoms. The molecule has 2 fully saturated rings. The highest BCUT2D eigenvalue weighted by atomic mass is 35.5. The molecule has 0 bridgehead atoms. The van der Waals surface area contributed by atoms with E-state index in [1.807, 2.05) is 88.6 Å². The summed E-state index contributed by atoms with van der Waals surface area (Å²) in [5.41, 5.74) is 5.97. The third-order valence-corrected chi connectivity index (χ3v) is 13.3. The zero-order chi connectivity index (χ0) is 57.5. The fourth-order valence-electron chi connectivity index (χ4n) is 9.28. The van der Waals surface area contributed by atoms with E-state index in [1.54, 1.807) is 43.5 Å². The summed E-state index contributed by atoms with van der Waals surface area (Å²) in [7, 11) is 5.84. The first kappa shape index (κ1) is 73.1. The summed E-state index contributed by atoms with van der Waals surface area (Å²) >= 11 is 6.53. The van der Waals surface area contributed by atoms with Crippen LogP contribution in [0.3, 0.4) is 0 Å². The lowest BCUT2D eigenvalue weighted by Gasteiger charge is -2.37. The van der Waals surface area contributed by atoms with E-state index >= 15 is 4.39 Å². The molecule has 0 saturated carbocycles. The van der Waals surface area contributed by atoms with Crippen molar-refractivity contribution in [3.05, 3.63) is 125 Å². The SMILES string of the molecule is C=CCCC(C=C)N1Cc2c(cc(F)cc2C2CCN(CCCCCCCC)CC2)C1=C.C=Cc1cccc(F)c1-c1c(Cl)cc(C(C)N2CCN(C)CC2)c(N=CC)c1F.CC.CC.CC.CC.CCC.CNC. The number of likely N-dealkylation sites (N-methyl/N-ethyl adjacent to an activating group) is 1. The minimum absolute atomic E-state index is 0.0228. The number of piperidine rings is 1. The third-order valence-electron chi connectivity index (χ3n) is 13.0. The van der Waals surface area contributed by atoms with Crippen molar-refractivity contribution >= 4 is 35.3 Å². The predicted molar refractivity (Wildman–Crippen MR) is 331 cm³/mol. The molecule has 3 aromatic rings. The van der Waals surface area contributed by atoms with Gasteiger partial charge in [0.05, 0.1) is 5.02 Å². The zero-order valence-electron chi connectivity index (χ0n) is 50.5. The van der Waals surface area contributed by atoms with E-state index < -0.39 is 11.6 Å². The number of hydrogen-bond donors (Lipinski definition) is 1. The lowest BCUT2D eigenvalue weighted by Crippen LogP contribution is -2.45. The second-order valence-corrected chi connectivity index (χ2v) is 18.6. The van der Waals surface area contributed by atoms with Crippen molar-refractivity contribution in [1.82, 2.24) is 24.9 Å². The van der Waals surface area contributed by atoms with Gasteiger partial charge in [0.15, 0.2) is 5.82 Å². The topological polar surface area (TPSA) is 37.4 Å². The van der Waals surface area contributed by atoms with Crippen molar-refractivity contribution in [2.75, 3.05) is 67.0 Å². The number of fused-ring (bicyclic) bond motifs is 1. The summed E-state index contributed by atoms with van der Waals surface area (Å²) in [6.45, 7) is 50.2. The van der Waals surface area contributed by atoms with Gasteiger partial charge in [0, 0.05) is 73.4 Å². The van der Waals surface area contributed by atoms with E-state index in [4.69, 9.17) is 11.6 Å². The molecule has 0 amide bonds. The van der Waals surface area contributed by atoms with Crippen LogP contribution in [0.5, 0.6) is 0 Å². The van der Waals surface area contributed by atoms with Crippen molar-refractivity contribution in [2.45, 2.75) is 185 Å². The fourth-order valence-corrected chi connectivity index (χ4v) is 9.58. The van der Waals surface area contributed by atoms with Crippen molar-refractivity contribution in [2.24, 2.45) is 4.99 Å². The number of unbranched alkanes of at least 4 members (excludes halogenated alkanes) is 5. The molecule has 2 atom stereocenters. The van der Waals surface area contributed by atoms with E-state index in [0.29, 0.717) is 17.0 Å². The fraction of sp³-hybridized carbons (Fsp3) is 0.585. The summed E-state index contributed by atoms with van der Waals surface area (Å²) in [5.74, 6) is -0.838. The third kappa shape index (κ3) is 23.7. The molecule has 75 heavy (non-hydrogen) atoms. The second kappa shape index (κ2) is 44.0. The van der Waals surface area contributed by atoms with Crippen LogP contribution in [-0.2, 0) is 6.54 Å². The van der Waals surface area contributed by atoms with E-state index in [9.17, 15) is 8.78 Å². The highest BCUT2D eigenvalue weighted by Crippen LogP contribution is 2.45. The van der Waals surface area contributed by atoms with Crippen molar-refractivity contribution in [3.8, 4) is 11.1 Å². The molecular formula is C65H108ClF3N6. The Balaban J connectivity index is 0. The quantitative estimate of drug-likeness (QED) is 0.0781. The zero-order valence-corrected chi connectivity index (χ0v) is 51.3. The van der Waals surface area contributed by atoms with Gasteiger partial charge in [-0.1, -0.05) is 170 Å². The molecular weight excluding hydrogens is 957 g/mol. The Bertz CT molecular complexity index is 2030. The Morgan fingerprint density at radius 2 is 1.39 bits per heavy atom. The van der Waals surface area contributed by atoms with E-state index in [-0.39, 0.29) is 39.7 Å². The minimum Gasteiger partial charge on any atom is -0.361 e. The number of nitrogens with zero attached hydrogens (tertiary/aromatic N) is 5. The Labute approximate surface area is 464 Å². The van der Waals surface area contributed by atoms with Gasteiger partial charge in [-0.15, -0.1) is 13.2 Å². The monoisotopic (exact) mass is 1060 g/mol. The lowest BCUT2D eigenvalue weighted by atomic mass is 9.85. The summed E-state index contributed by atoms with van der Waals surface area (Å²) < 4.78 is 45.0. The number of hydrogen-bond acceptors (Lipinski definition) is 6. The predicted octanol–water partition coefficient (Wildman–Crippen LogP) is 19.0. The average Bonchev–Trinajstić information content (AvgIpc) is 3.76. The van der Waals surface area contributed by atoms with Crippen LogP contribution in [0.4, 0.5) is 18.9 Å². The molecule has 10 heteroatoms. The Morgan fingerprint density at radius 3 is 1.92 bits per heavy atom. The van der Waals surface area contributed by atoms with Gasteiger partial charge in [-0.05, 0) is 139 Å². The maximum absolute atomic E-state index is 15.7. The first-order chi connectivity index (χ1) is 36.3. The minimum atomic E-state index is -0.611. The first-order valence-corrected chi connectivity index (χ1v) is 29.3. The van der Waals surface area contributed by atoms with Gasteiger partial charge in [0.25, 0.3) is 0 Å². The number of halogens is 4. The lowest BCUT2D eigenvalue weighted by molar-refractivity contribution is 0.119. The highest BCUT2D eigenvalue weighted by molar-refractivity contribution is 6.33. The number of benzene rings is 3. The van der Waals surface area contributed by atoms with Gasteiger partial charge in [0.1, 0.15) is 17.3 Å². The van der Waals surface area contributed by atoms with Crippen LogP contribution in [0.1, 0.15) is 200 Å². The van der Waals surface area contributed by atoms with Gasteiger partial charge in [-0.2, -0.15) is 0 Å². The van der Waals surface area contributed by atoms with E-state index in [1.165, 1.54) is 74.8 Å².